The van der Waals surface area contributed by atoms with Crippen molar-refractivity contribution in [3.63, 3.8) is 0 Å². The number of nitrogens with one attached hydrogen (secondary N) is 1. The monoisotopic (exact) mass is 455 g/mol. The zero-order chi connectivity index (χ0) is 23.8. The summed E-state index contributed by atoms with van der Waals surface area (Å²) in [5, 5.41) is 12.6. The number of hydrogen-bond acceptors (Lipinski definition) is 7. The van der Waals surface area contributed by atoms with E-state index >= 15 is 0 Å². The second kappa shape index (κ2) is 11.9. The first-order valence-electron chi connectivity index (χ1n) is 11.8. The number of piperazine rings is 1. The van der Waals surface area contributed by atoms with E-state index in [2.05, 4.69) is 29.0 Å². The van der Waals surface area contributed by atoms with E-state index in [-0.39, 0.29) is 12.5 Å². The summed E-state index contributed by atoms with van der Waals surface area (Å²) in [6.07, 6.45) is 2.75. The van der Waals surface area contributed by atoms with E-state index in [4.69, 9.17) is 15.6 Å². The van der Waals surface area contributed by atoms with E-state index in [0.29, 0.717) is 49.2 Å². The maximum atomic E-state index is 13.0. The van der Waals surface area contributed by atoms with Gasteiger partial charge in [0.1, 0.15) is 11.6 Å². The third-order valence-corrected chi connectivity index (χ3v) is 6.01. The van der Waals surface area contributed by atoms with E-state index in [1.165, 1.54) is 0 Å². The number of rotatable bonds is 10. The Morgan fingerprint density at radius 1 is 1.24 bits per heavy atom. The van der Waals surface area contributed by atoms with Crippen LogP contribution in [0.4, 0.5) is 11.5 Å². The summed E-state index contributed by atoms with van der Waals surface area (Å²) in [5.41, 5.74) is 9.43. The van der Waals surface area contributed by atoms with Crippen molar-refractivity contribution < 1.29 is 14.6 Å². The summed E-state index contributed by atoms with van der Waals surface area (Å²) >= 11 is 0. The summed E-state index contributed by atoms with van der Waals surface area (Å²) < 4.78 is 5.62. The number of hydrogen-bond donors (Lipinski definition) is 3. The molecule has 8 nitrogen and oxygen atoms in total. The minimum atomic E-state index is 0.00183. The van der Waals surface area contributed by atoms with Gasteiger partial charge in [0.15, 0.2) is 0 Å². The molecule has 180 valence electrons. The number of aliphatic hydroxyl groups is 1. The number of nitrogen functional groups attached to an aromatic ring is 1. The van der Waals surface area contributed by atoms with Crippen LogP contribution >= 0.6 is 0 Å². The fourth-order valence-electron chi connectivity index (χ4n) is 4.29. The molecule has 4 N–H and O–H groups in total. The topological polar surface area (TPSA) is 104 Å². The number of methoxy groups -OCH3 is 1. The van der Waals surface area contributed by atoms with Gasteiger partial charge < -0.3 is 25.8 Å². The van der Waals surface area contributed by atoms with Crippen LogP contribution in [0.3, 0.4) is 0 Å². The lowest BCUT2D eigenvalue weighted by Gasteiger charge is -2.34. The molecule has 1 aliphatic rings. The van der Waals surface area contributed by atoms with Crippen LogP contribution < -0.4 is 15.8 Å². The van der Waals surface area contributed by atoms with Gasteiger partial charge in [-0.05, 0) is 31.5 Å². The molecule has 1 aliphatic heterocycles. The maximum Gasteiger partial charge on any atom is 0.254 e. The van der Waals surface area contributed by atoms with Crippen LogP contribution in [0.5, 0.6) is 5.75 Å². The smallest absolute Gasteiger partial charge is 0.254 e. The average molecular weight is 456 g/mol. The Hall–Kier alpha value is -2.84. The van der Waals surface area contributed by atoms with Crippen LogP contribution in [0.2, 0.25) is 0 Å². The minimum Gasteiger partial charge on any atom is -0.496 e. The largest absolute Gasteiger partial charge is 0.496 e. The molecule has 1 fully saturated rings. The van der Waals surface area contributed by atoms with E-state index in [9.17, 15) is 4.79 Å². The standard InChI is InChI=1S/C25H37N5O3/c1-4-5-18(2)27-22-16-21(28-24(26)17-22)14-19-6-7-20(15-23(19)33-3)25(32)30-10-8-29(9-11-30)12-13-31/h6-7,15-18,31H,4-5,8-14H2,1-3H3,(H3,26,27,28)/t18-/m1/s1. The number of aliphatic hydroxyl groups excluding tert-OH is 1. The molecule has 0 unspecified atom stereocenters. The first kappa shape index (κ1) is 24.8. The third kappa shape index (κ3) is 6.82. The number of carbonyl (C=O) groups excluding carboxylic acids is 1. The van der Waals surface area contributed by atoms with Crippen LogP contribution in [0.15, 0.2) is 30.3 Å². The summed E-state index contributed by atoms with van der Waals surface area (Å²) in [4.78, 5) is 21.5. The molecule has 1 aromatic carbocycles. The van der Waals surface area contributed by atoms with Crippen molar-refractivity contribution in [2.75, 3.05) is 57.5 Å². The first-order chi connectivity index (χ1) is 15.9. The number of nitrogens with zero attached hydrogens (tertiary/aromatic N) is 3. The Morgan fingerprint density at radius 2 is 2.00 bits per heavy atom. The zero-order valence-corrected chi connectivity index (χ0v) is 20.0. The van der Waals surface area contributed by atoms with Gasteiger partial charge in [0, 0.05) is 73.8 Å². The van der Waals surface area contributed by atoms with Crippen molar-refractivity contribution in [3.05, 3.63) is 47.2 Å². The van der Waals surface area contributed by atoms with Gasteiger partial charge in [-0.25, -0.2) is 4.98 Å². The van der Waals surface area contributed by atoms with Gasteiger partial charge in [-0.15, -0.1) is 0 Å². The summed E-state index contributed by atoms with van der Waals surface area (Å²) in [5.74, 6) is 1.14. The van der Waals surface area contributed by atoms with Crippen molar-refractivity contribution in [3.8, 4) is 5.75 Å². The SMILES string of the molecule is CCC[C@@H](C)Nc1cc(N)nc(Cc2ccc(C(=O)N3CCN(CCO)CC3)cc2OC)c1. The van der Waals surface area contributed by atoms with Crippen LogP contribution in [0, 0.1) is 0 Å². The molecule has 2 heterocycles. The fraction of sp³-hybridized carbons (Fsp3) is 0.520. The lowest BCUT2D eigenvalue weighted by Crippen LogP contribution is -2.49. The maximum absolute atomic E-state index is 13.0. The lowest BCUT2D eigenvalue weighted by atomic mass is 10.0. The Bertz CT molecular complexity index is 928. The Balaban J connectivity index is 1.71. The molecule has 1 saturated heterocycles. The van der Waals surface area contributed by atoms with Crippen LogP contribution in [-0.2, 0) is 6.42 Å². The van der Waals surface area contributed by atoms with Crippen LogP contribution in [0.25, 0.3) is 0 Å². The molecule has 2 aromatic rings. The number of amides is 1. The van der Waals surface area contributed by atoms with Crippen molar-refractivity contribution in [1.29, 1.82) is 0 Å². The highest BCUT2D eigenvalue weighted by molar-refractivity contribution is 5.94. The predicted octanol–water partition coefficient (Wildman–Crippen LogP) is 2.61. The van der Waals surface area contributed by atoms with E-state index in [1.807, 2.05) is 35.2 Å². The molecule has 0 aliphatic carbocycles. The van der Waals surface area contributed by atoms with E-state index < -0.39 is 0 Å². The van der Waals surface area contributed by atoms with E-state index in [0.717, 1.165) is 42.9 Å². The molecule has 0 radical (unpaired) electrons. The Morgan fingerprint density at radius 3 is 2.67 bits per heavy atom. The molecule has 8 heteroatoms. The molecule has 0 spiro atoms. The van der Waals surface area contributed by atoms with Crippen LogP contribution in [-0.4, -0.2) is 78.3 Å². The molecule has 0 saturated carbocycles. The summed E-state index contributed by atoms with van der Waals surface area (Å²) in [6.45, 7) is 7.98. The molecule has 1 amide bonds. The molecule has 1 aromatic heterocycles. The zero-order valence-electron chi connectivity index (χ0n) is 20.0. The van der Waals surface area contributed by atoms with Gasteiger partial charge in [0.25, 0.3) is 5.91 Å². The number of β-amino-alcohol motifs (C(OH)–C–C–N with tert-alkyl or cyclic N) is 1. The molecular formula is C25H37N5O3. The van der Waals surface area contributed by atoms with Gasteiger partial charge in [-0.2, -0.15) is 0 Å². The number of anilines is 2. The molecule has 1 atom stereocenters. The summed E-state index contributed by atoms with van der Waals surface area (Å²) in [7, 11) is 1.62. The molecule has 33 heavy (non-hydrogen) atoms. The number of benzene rings is 1. The quantitative estimate of drug-likeness (QED) is 0.506. The summed E-state index contributed by atoms with van der Waals surface area (Å²) in [6, 6.07) is 9.84. The van der Waals surface area contributed by atoms with Gasteiger partial charge >= 0.3 is 0 Å². The first-order valence-corrected chi connectivity index (χ1v) is 11.8. The highest BCUT2D eigenvalue weighted by atomic mass is 16.5. The highest BCUT2D eigenvalue weighted by Gasteiger charge is 2.22. The molecular weight excluding hydrogens is 418 g/mol. The Labute approximate surface area is 196 Å². The van der Waals surface area contributed by atoms with Crippen molar-refractivity contribution in [2.45, 2.75) is 39.2 Å². The second-order valence-corrected chi connectivity index (χ2v) is 8.67. The van der Waals surface area contributed by atoms with Gasteiger partial charge in [-0.1, -0.05) is 19.4 Å². The van der Waals surface area contributed by atoms with Crippen molar-refractivity contribution in [1.82, 2.24) is 14.8 Å². The Kier molecular flexibility index (Phi) is 8.91. The third-order valence-electron chi connectivity index (χ3n) is 6.01. The van der Waals surface area contributed by atoms with Crippen molar-refractivity contribution in [2.24, 2.45) is 0 Å². The van der Waals surface area contributed by atoms with E-state index in [1.54, 1.807) is 7.11 Å². The highest BCUT2D eigenvalue weighted by Crippen LogP contribution is 2.25. The lowest BCUT2D eigenvalue weighted by molar-refractivity contribution is 0.0614. The second-order valence-electron chi connectivity index (χ2n) is 8.67. The average Bonchev–Trinajstić information content (AvgIpc) is 2.79. The van der Waals surface area contributed by atoms with Gasteiger partial charge in [0.05, 0.1) is 13.7 Å². The molecule has 0 bridgehead atoms. The van der Waals surface area contributed by atoms with Crippen LogP contribution in [0.1, 0.15) is 48.3 Å². The number of nitrogens with two attached hydrogens (primary N) is 1. The minimum absolute atomic E-state index is 0.00183. The number of pyridine rings is 1. The number of ether oxygens (including phenoxy) is 1. The van der Waals surface area contributed by atoms with Gasteiger partial charge in [0.2, 0.25) is 0 Å². The number of carbonyl (C=O) groups is 1. The van der Waals surface area contributed by atoms with Gasteiger partial charge in [-0.3, -0.25) is 9.69 Å². The molecule has 3 rings (SSSR count). The van der Waals surface area contributed by atoms with Crippen molar-refractivity contribution >= 4 is 17.4 Å². The normalized spacial score (nSPS) is 15.3. The number of aromatic nitrogens is 1. The fourth-order valence-corrected chi connectivity index (χ4v) is 4.29. The predicted molar refractivity (Wildman–Crippen MR) is 132 cm³/mol.